The number of allylic oxidation sites excluding steroid dienone is 5. The van der Waals surface area contributed by atoms with Crippen LogP contribution in [0.2, 0.25) is 18.1 Å². The molecule has 0 heterocycles. The molecule has 0 amide bonds. The molecule has 40 heavy (non-hydrogen) atoms. The molecule has 228 valence electrons. The third-order valence-electron chi connectivity index (χ3n) is 12.9. The first-order chi connectivity index (χ1) is 18.6. The summed E-state index contributed by atoms with van der Waals surface area (Å²) >= 11 is 0. The molecule has 7 atom stereocenters. The fourth-order valence-corrected chi connectivity index (χ4v) is 10.8. The average Bonchev–Trinajstić information content (AvgIpc) is 3.19. The van der Waals surface area contributed by atoms with Gasteiger partial charge in [-0.15, -0.1) is 0 Å². The predicted octanol–water partition coefficient (Wildman–Crippen LogP) is 12.1. The molecule has 0 N–H and O–H groups in total. The molecule has 2 heteroatoms. The molecule has 0 aromatic heterocycles. The Labute approximate surface area is 251 Å². The summed E-state index contributed by atoms with van der Waals surface area (Å²) in [5, 5.41) is 0.285. The topological polar surface area (TPSA) is 9.23 Å². The summed E-state index contributed by atoms with van der Waals surface area (Å²) in [5.74, 6) is 4.21. The maximum atomic E-state index is 6.97. The maximum Gasteiger partial charge on any atom is 0.192 e. The van der Waals surface area contributed by atoms with Gasteiger partial charge in [0.15, 0.2) is 8.32 Å². The lowest BCUT2D eigenvalue weighted by Gasteiger charge is -2.56. The Bertz CT molecular complexity index is 972. The van der Waals surface area contributed by atoms with Crippen molar-refractivity contribution in [2.75, 3.05) is 0 Å². The summed E-state index contributed by atoms with van der Waals surface area (Å²) < 4.78 is 6.97. The summed E-state index contributed by atoms with van der Waals surface area (Å²) in [7, 11) is -1.73. The van der Waals surface area contributed by atoms with Crippen molar-refractivity contribution in [3.63, 3.8) is 0 Å². The van der Waals surface area contributed by atoms with E-state index in [9.17, 15) is 0 Å². The van der Waals surface area contributed by atoms with Crippen LogP contribution in [0.3, 0.4) is 0 Å². The largest absolute Gasteiger partial charge is 0.414 e. The second kappa shape index (κ2) is 12.2. The summed E-state index contributed by atoms with van der Waals surface area (Å²) in [4.78, 5) is 0. The van der Waals surface area contributed by atoms with E-state index in [1.165, 1.54) is 76.2 Å². The highest BCUT2D eigenvalue weighted by molar-refractivity contribution is 6.74. The van der Waals surface area contributed by atoms with Gasteiger partial charge in [0.25, 0.3) is 0 Å². The van der Waals surface area contributed by atoms with E-state index >= 15 is 0 Å². The lowest BCUT2D eigenvalue weighted by atomic mass is 9.49. The second-order valence-electron chi connectivity index (χ2n) is 17.3. The highest BCUT2D eigenvalue weighted by Crippen LogP contribution is 2.66. The van der Waals surface area contributed by atoms with Gasteiger partial charge in [-0.1, -0.05) is 103 Å². The molecule has 1 nitrogen and oxygen atoms in total. The van der Waals surface area contributed by atoms with Crippen LogP contribution in [0.1, 0.15) is 139 Å². The van der Waals surface area contributed by atoms with Gasteiger partial charge >= 0.3 is 0 Å². The molecule has 0 spiro atoms. The van der Waals surface area contributed by atoms with Gasteiger partial charge in [-0.2, -0.15) is 0 Å². The van der Waals surface area contributed by atoms with Crippen LogP contribution in [0, 0.1) is 40.4 Å². The maximum absolute atomic E-state index is 6.97. The lowest BCUT2D eigenvalue weighted by Crippen LogP contribution is -2.49. The smallest absolute Gasteiger partial charge is 0.192 e. The zero-order chi connectivity index (χ0) is 29.5. The molecule has 0 saturated heterocycles. The van der Waals surface area contributed by atoms with Crippen molar-refractivity contribution >= 4 is 8.32 Å². The van der Waals surface area contributed by atoms with E-state index < -0.39 is 8.32 Å². The van der Waals surface area contributed by atoms with Gasteiger partial charge in [-0.05, 0) is 130 Å². The van der Waals surface area contributed by atoms with E-state index in [0.29, 0.717) is 16.9 Å². The molecule has 0 aromatic rings. The van der Waals surface area contributed by atoms with Crippen molar-refractivity contribution in [1.82, 2.24) is 0 Å². The van der Waals surface area contributed by atoms with Crippen LogP contribution in [0.25, 0.3) is 0 Å². The molecule has 0 bridgehead atoms. The van der Waals surface area contributed by atoms with E-state index in [0.717, 1.165) is 36.0 Å². The van der Waals surface area contributed by atoms with Crippen LogP contribution in [0.5, 0.6) is 0 Å². The van der Waals surface area contributed by atoms with Crippen molar-refractivity contribution in [1.29, 1.82) is 0 Å². The molecular formula is C38H66OSi. The SMILES string of the molecule is CC(C)=CCC[C@@H](CCCC(C)C)[C@H]1CC[C@H]2C3=CC=C4C[C@@H](O[Si](C)(C)C(C)(C)C)CC[C@]4(C)[C@H]3CC[C@]12C. The first kappa shape index (κ1) is 32.3. The first-order valence-corrected chi connectivity index (χ1v) is 20.2. The van der Waals surface area contributed by atoms with Crippen LogP contribution >= 0.6 is 0 Å². The van der Waals surface area contributed by atoms with Crippen molar-refractivity contribution in [2.24, 2.45) is 40.4 Å². The van der Waals surface area contributed by atoms with E-state index in [-0.39, 0.29) is 5.04 Å². The summed E-state index contributed by atoms with van der Waals surface area (Å²) in [6.45, 7) is 26.7. The zero-order valence-electron chi connectivity index (χ0n) is 28.6. The van der Waals surface area contributed by atoms with E-state index in [1.807, 2.05) is 5.57 Å². The monoisotopic (exact) mass is 566 g/mol. The van der Waals surface area contributed by atoms with Gasteiger partial charge in [0.05, 0.1) is 0 Å². The Morgan fingerprint density at radius 3 is 2.35 bits per heavy atom. The Morgan fingerprint density at radius 2 is 1.70 bits per heavy atom. The average molecular weight is 567 g/mol. The minimum Gasteiger partial charge on any atom is -0.414 e. The standard InChI is InChI=1S/C38H66OSi/c1-27(2)14-12-16-29(17-13-15-28(3)4)33-20-21-34-32-19-18-30-26-31(39-40(10,11)36(5,6)7)22-24-37(30,8)35(32)23-25-38(33,34)9/h14,18-19,28-29,31,33-35H,12-13,15-17,20-26H2,1-11H3/t29-,31-,33+,34-,35-,37-,38+/m0/s1. The fourth-order valence-electron chi connectivity index (χ4n) is 9.40. The van der Waals surface area contributed by atoms with Crippen LogP contribution in [-0.2, 0) is 4.43 Å². The highest BCUT2D eigenvalue weighted by atomic mass is 28.4. The van der Waals surface area contributed by atoms with Crippen molar-refractivity contribution < 1.29 is 4.43 Å². The fraction of sp³-hybridized carbons (Fsp3) is 0.842. The van der Waals surface area contributed by atoms with Gasteiger partial charge in [0.1, 0.15) is 0 Å². The number of rotatable bonds is 10. The van der Waals surface area contributed by atoms with Crippen LogP contribution in [0.4, 0.5) is 0 Å². The molecule has 3 fully saturated rings. The quantitative estimate of drug-likeness (QED) is 0.189. The Balaban J connectivity index is 1.52. The summed E-state index contributed by atoms with van der Waals surface area (Å²) in [5.41, 5.74) is 5.92. The molecule has 4 aliphatic carbocycles. The van der Waals surface area contributed by atoms with Crippen LogP contribution in [-0.4, -0.2) is 14.4 Å². The summed E-state index contributed by atoms with van der Waals surface area (Å²) in [6.07, 6.45) is 24.6. The zero-order valence-corrected chi connectivity index (χ0v) is 29.6. The van der Waals surface area contributed by atoms with E-state index in [1.54, 1.807) is 5.57 Å². The molecule has 0 radical (unpaired) electrons. The minimum atomic E-state index is -1.73. The molecule has 4 rings (SSSR count). The molecule has 0 unspecified atom stereocenters. The number of fused-ring (bicyclic) bond motifs is 5. The third-order valence-corrected chi connectivity index (χ3v) is 17.4. The van der Waals surface area contributed by atoms with Crippen molar-refractivity contribution in [3.05, 3.63) is 34.9 Å². The molecule has 0 aliphatic heterocycles. The molecule has 0 aromatic carbocycles. The molecule has 3 saturated carbocycles. The van der Waals surface area contributed by atoms with Gasteiger partial charge in [-0.3, -0.25) is 0 Å². The van der Waals surface area contributed by atoms with Crippen LogP contribution < -0.4 is 0 Å². The predicted molar refractivity (Wildman–Crippen MR) is 178 cm³/mol. The Kier molecular flexibility index (Phi) is 9.84. The first-order valence-electron chi connectivity index (χ1n) is 17.3. The van der Waals surface area contributed by atoms with Gasteiger partial charge in [0.2, 0.25) is 0 Å². The van der Waals surface area contributed by atoms with Crippen molar-refractivity contribution in [3.8, 4) is 0 Å². The Morgan fingerprint density at radius 1 is 0.975 bits per heavy atom. The number of hydrogen-bond acceptors (Lipinski definition) is 1. The van der Waals surface area contributed by atoms with Crippen LogP contribution in [0.15, 0.2) is 34.9 Å². The lowest BCUT2D eigenvalue weighted by molar-refractivity contribution is 0.0302. The highest BCUT2D eigenvalue weighted by Gasteiger charge is 2.57. The van der Waals surface area contributed by atoms with Gasteiger partial charge in [0, 0.05) is 6.10 Å². The van der Waals surface area contributed by atoms with Gasteiger partial charge < -0.3 is 4.43 Å². The normalized spacial score (nSPS) is 34.9. The molecular weight excluding hydrogens is 501 g/mol. The number of hydrogen-bond donors (Lipinski definition) is 0. The minimum absolute atomic E-state index is 0.285. The molecule has 4 aliphatic rings. The Hall–Kier alpha value is -0.603. The van der Waals surface area contributed by atoms with Crippen molar-refractivity contribution in [2.45, 2.75) is 164 Å². The van der Waals surface area contributed by atoms with Gasteiger partial charge in [-0.25, -0.2) is 0 Å². The summed E-state index contributed by atoms with van der Waals surface area (Å²) in [6, 6.07) is 0. The van der Waals surface area contributed by atoms with E-state index in [4.69, 9.17) is 4.43 Å². The van der Waals surface area contributed by atoms with E-state index in [2.05, 4.69) is 93.6 Å². The third kappa shape index (κ3) is 6.49. The second-order valence-corrected chi connectivity index (χ2v) is 22.1.